The zero-order chi connectivity index (χ0) is 17.6. The summed E-state index contributed by atoms with van der Waals surface area (Å²) in [4.78, 5) is 32.7. The summed E-state index contributed by atoms with van der Waals surface area (Å²) in [5.74, 6) is -0.000233. The first-order valence-electron chi connectivity index (χ1n) is 8.61. The number of ketones is 1. The van der Waals surface area contributed by atoms with Crippen LogP contribution in [0.3, 0.4) is 0 Å². The molecule has 3 aromatic rings. The number of allylic oxidation sites excluding steroid dienone is 1. The molecule has 1 aliphatic carbocycles. The summed E-state index contributed by atoms with van der Waals surface area (Å²) in [7, 11) is 0. The van der Waals surface area contributed by atoms with Crippen molar-refractivity contribution < 1.29 is 9.53 Å². The van der Waals surface area contributed by atoms with Crippen LogP contribution in [0.15, 0.2) is 35.4 Å². The second-order valence-electron chi connectivity index (χ2n) is 7.35. The highest BCUT2D eigenvalue weighted by molar-refractivity contribution is 9.10. The Labute approximate surface area is 156 Å². The molecule has 3 aliphatic rings. The topological polar surface area (TPSA) is 84.1 Å². The van der Waals surface area contributed by atoms with Crippen molar-refractivity contribution in [1.82, 2.24) is 9.97 Å². The molecule has 2 N–H and O–H groups in total. The average molecular weight is 412 g/mol. The Bertz CT molecular complexity index is 1190. The van der Waals surface area contributed by atoms with Crippen molar-refractivity contribution in [3.05, 3.63) is 46.4 Å². The van der Waals surface area contributed by atoms with E-state index in [1.54, 1.807) is 12.3 Å². The minimum Gasteiger partial charge on any atom is -0.376 e. The standard InChI is InChI=1S/C19H14BrN3O3/c20-13-10(24)1-3-19-5-9(7-26-18(13)19)23-16-12(19)14-11-8(2-4-21-14)6-22-15(11)17(16)25/h1-4,6,9,13,18,21,23H,5,7H2/t9-,13-,18+,19-/m0/s1. The lowest BCUT2D eigenvalue weighted by Gasteiger charge is -2.52. The van der Waals surface area contributed by atoms with Crippen LogP contribution in [0, 0.1) is 0 Å². The fourth-order valence-corrected chi connectivity index (χ4v) is 5.74. The molecule has 4 heterocycles. The van der Waals surface area contributed by atoms with Crippen molar-refractivity contribution in [3.63, 3.8) is 0 Å². The van der Waals surface area contributed by atoms with Crippen LogP contribution >= 0.6 is 15.9 Å². The molecule has 0 saturated carbocycles. The van der Waals surface area contributed by atoms with Gasteiger partial charge in [0, 0.05) is 34.1 Å². The second-order valence-corrected chi connectivity index (χ2v) is 8.33. The number of aromatic amines is 1. The van der Waals surface area contributed by atoms with Gasteiger partial charge in [-0.25, -0.2) is 0 Å². The van der Waals surface area contributed by atoms with Gasteiger partial charge in [0.25, 0.3) is 0 Å². The number of fused-ring (bicyclic) bond motifs is 3. The molecule has 7 heteroatoms. The van der Waals surface area contributed by atoms with E-state index in [4.69, 9.17) is 4.74 Å². The van der Waals surface area contributed by atoms with Gasteiger partial charge in [0.2, 0.25) is 5.43 Å². The van der Waals surface area contributed by atoms with Crippen molar-refractivity contribution in [2.45, 2.75) is 28.8 Å². The summed E-state index contributed by atoms with van der Waals surface area (Å²) < 4.78 is 6.12. The Morgan fingerprint density at radius 1 is 1.35 bits per heavy atom. The second kappa shape index (κ2) is 4.72. The number of hydrogen-bond donors (Lipinski definition) is 2. The lowest BCUT2D eigenvalue weighted by molar-refractivity contribution is -0.121. The van der Waals surface area contributed by atoms with Crippen LogP contribution in [0.2, 0.25) is 0 Å². The van der Waals surface area contributed by atoms with Crippen LogP contribution in [0.5, 0.6) is 0 Å². The van der Waals surface area contributed by atoms with E-state index in [1.165, 1.54) is 0 Å². The van der Waals surface area contributed by atoms with E-state index >= 15 is 0 Å². The van der Waals surface area contributed by atoms with Gasteiger partial charge in [-0.3, -0.25) is 14.6 Å². The number of carbonyl (C=O) groups is 1. The number of rotatable bonds is 0. The molecule has 6 nitrogen and oxygen atoms in total. The number of nitrogens with zero attached hydrogens (tertiary/aromatic N) is 1. The van der Waals surface area contributed by atoms with E-state index in [0.717, 1.165) is 28.3 Å². The number of carbonyl (C=O) groups excluding carboxylic acids is 1. The maximum atomic E-state index is 13.2. The highest BCUT2D eigenvalue weighted by atomic mass is 79.9. The molecule has 1 aromatic carbocycles. The largest absolute Gasteiger partial charge is 0.376 e. The maximum Gasteiger partial charge on any atom is 0.228 e. The Morgan fingerprint density at radius 3 is 3.12 bits per heavy atom. The number of benzene rings is 1. The van der Waals surface area contributed by atoms with Crippen molar-refractivity contribution in [3.8, 4) is 0 Å². The minimum atomic E-state index is -0.527. The fraction of sp³-hybridized carbons (Fsp3) is 0.316. The number of halogens is 1. The fourth-order valence-electron chi connectivity index (χ4n) is 4.96. The number of alkyl halides is 1. The average Bonchev–Trinajstić information content (AvgIpc) is 3.08. The highest BCUT2D eigenvalue weighted by Gasteiger charge is 2.55. The SMILES string of the molecule is O=C1C=C[C@@]23C[C@@H](CO[C@@H]2[C@H]1Br)Nc1c3c2[nH]ccc3cnc(c1=O)c32. The zero-order valence-electron chi connectivity index (χ0n) is 13.6. The molecule has 1 fully saturated rings. The molecule has 6 rings (SSSR count). The van der Waals surface area contributed by atoms with Crippen molar-refractivity contribution in [2.75, 3.05) is 11.9 Å². The van der Waals surface area contributed by atoms with Gasteiger partial charge < -0.3 is 15.0 Å². The van der Waals surface area contributed by atoms with Gasteiger partial charge >= 0.3 is 0 Å². The van der Waals surface area contributed by atoms with Crippen LogP contribution in [-0.4, -0.2) is 39.3 Å². The van der Waals surface area contributed by atoms with E-state index < -0.39 is 10.2 Å². The van der Waals surface area contributed by atoms with Crippen LogP contribution < -0.4 is 10.7 Å². The third-order valence-electron chi connectivity index (χ3n) is 6.01. The van der Waals surface area contributed by atoms with Crippen LogP contribution in [-0.2, 0) is 14.9 Å². The highest BCUT2D eigenvalue weighted by Crippen LogP contribution is 2.52. The first-order chi connectivity index (χ1) is 12.6. The van der Waals surface area contributed by atoms with E-state index in [1.807, 2.05) is 18.3 Å². The quantitative estimate of drug-likeness (QED) is 0.554. The third kappa shape index (κ3) is 1.59. The molecule has 0 radical (unpaired) electrons. The van der Waals surface area contributed by atoms with Crippen molar-refractivity contribution in [1.29, 1.82) is 0 Å². The normalized spacial score (nSPS) is 32.5. The monoisotopic (exact) mass is 411 g/mol. The van der Waals surface area contributed by atoms with E-state index in [-0.39, 0.29) is 23.4 Å². The molecular formula is C19H14BrN3O3. The number of pyridine rings is 1. The number of aromatic nitrogens is 2. The summed E-state index contributed by atoms with van der Waals surface area (Å²) in [6.45, 7) is 0.467. The molecule has 4 atom stereocenters. The molecule has 2 bridgehead atoms. The summed E-state index contributed by atoms with van der Waals surface area (Å²) in [5, 5.41) is 5.17. The predicted molar refractivity (Wildman–Crippen MR) is 101 cm³/mol. The van der Waals surface area contributed by atoms with Gasteiger partial charge in [-0.1, -0.05) is 22.0 Å². The predicted octanol–water partition coefficient (Wildman–Crippen LogP) is 2.24. The first-order valence-corrected chi connectivity index (χ1v) is 9.53. The first kappa shape index (κ1) is 14.9. The van der Waals surface area contributed by atoms with Gasteiger partial charge in [-0.2, -0.15) is 0 Å². The van der Waals surface area contributed by atoms with E-state index in [9.17, 15) is 9.59 Å². The number of nitrogens with one attached hydrogen (secondary N) is 2. The molecule has 2 aromatic heterocycles. The summed E-state index contributed by atoms with van der Waals surface area (Å²) in [6.07, 6.45) is 7.62. The smallest absolute Gasteiger partial charge is 0.228 e. The maximum absolute atomic E-state index is 13.2. The molecule has 1 saturated heterocycles. The van der Waals surface area contributed by atoms with Crippen molar-refractivity contribution >= 4 is 49.2 Å². The van der Waals surface area contributed by atoms with Gasteiger partial charge in [-0.05, 0) is 18.6 Å². The molecule has 0 amide bonds. The summed E-state index contributed by atoms with van der Waals surface area (Å²) in [6, 6.07) is 1.95. The number of H-pyrrole nitrogens is 1. The molecule has 2 aliphatic heterocycles. The Morgan fingerprint density at radius 2 is 2.23 bits per heavy atom. The molecule has 0 unspecified atom stereocenters. The van der Waals surface area contributed by atoms with Gasteiger partial charge in [0.15, 0.2) is 5.78 Å². The number of anilines is 1. The Kier molecular flexibility index (Phi) is 2.70. The van der Waals surface area contributed by atoms with Crippen LogP contribution in [0.1, 0.15) is 12.0 Å². The van der Waals surface area contributed by atoms with Crippen molar-refractivity contribution in [2.24, 2.45) is 0 Å². The molecular weight excluding hydrogens is 398 g/mol. The molecule has 130 valence electrons. The Hall–Kier alpha value is -2.25. The lowest BCUT2D eigenvalue weighted by atomic mass is 9.63. The van der Waals surface area contributed by atoms with E-state index in [0.29, 0.717) is 17.8 Å². The van der Waals surface area contributed by atoms with Crippen LogP contribution in [0.25, 0.3) is 21.8 Å². The summed E-state index contributed by atoms with van der Waals surface area (Å²) >= 11 is 3.53. The van der Waals surface area contributed by atoms with Crippen LogP contribution in [0.4, 0.5) is 5.69 Å². The minimum absolute atomic E-state index is 0.000233. The molecule has 1 spiro atoms. The van der Waals surface area contributed by atoms with Gasteiger partial charge in [0.1, 0.15) is 10.3 Å². The van der Waals surface area contributed by atoms with Gasteiger partial charge in [0.05, 0.1) is 30.0 Å². The van der Waals surface area contributed by atoms with Gasteiger partial charge in [-0.15, -0.1) is 0 Å². The zero-order valence-corrected chi connectivity index (χ0v) is 15.2. The number of hydrogen-bond acceptors (Lipinski definition) is 5. The lowest BCUT2D eigenvalue weighted by Crippen LogP contribution is -2.60. The summed E-state index contributed by atoms with van der Waals surface area (Å²) in [5.41, 5.74) is 2.25. The number of ether oxygens (including phenoxy) is 1. The Balaban J connectivity index is 1.81. The van der Waals surface area contributed by atoms with E-state index in [2.05, 4.69) is 31.2 Å². The molecule has 26 heavy (non-hydrogen) atoms. The third-order valence-corrected chi connectivity index (χ3v) is 6.94.